The zero-order valence-electron chi connectivity index (χ0n) is 21.4. The molecule has 0 radical (unpaired) electrons. The summed E-state index contributed by atoms with van der Waals surface area (Å²) in [6, 6.07) is 10.8. The SMILES string of the molecule is Nc1c(Nc2cc(CNC(=O)c3cc(C(=O)NCc4ccc(C(=O)O)cc4)nc4c[nH]c(=O)n34)ccc2F)c(=O)c1=O. The number of nitrogens with one attached hydrogen (secondary N) is 4. The fourth-order valence-corrected chi connectivity index (χ4v) is 4.06. The molecule has 5 aromatic rings. The monoisotopic (exact) mass is 573 g/mol. The lowest BCUT2D eigenvalue weighted by molar-refractivity contribution is 0.0696. The van der Waals surface area contributed by atoms with E-state index in [1.807, 2.05) is 0 Å². The van der Waals surface area contributed by atoms with Gasteiger partial charge in [-0.15, -0.1) is 0 Å². The summed E-state index contributed by atoms with van der Waals surface area (Å²) in [5.41, 5.74) is 3.10. The first-order valence-corrected chi connectivity index (χ1v) is 12.2. The average Bonchev–Trinajstić information content (AvgIpc) is 3.37. The van der Waals surface area contributed by atoms with Gasteiger partial charge in [-0.05, 0) is 41.5 Å². The highest BCUT2D eigenvalue weighted by Gasteiger charge is 2.21. The lowest BCUT2D eigenvalue weighted by Crippen LogP contribution is -2.36. The molecular formula is C27H20FN7O7. The van der Waals surface area contributed by atoms with Gasteiger partial charge in [-0.25, -0.2) is 23.4 Å². The van der Waals surface area contributed by atoms with Gasteiger partial charge in [0.15, 0.2) is 5.65 Å². The van der Waals surface area contributed by atoms with E-state index in [1.54, 1.807) is 0 Å². The number of carboxylic acid groups (broad SMARTS) is 1. The lowest BCUT2D eigenvalue weighted by atomic mass is 10.1. The summed E-state index contributed by atoms with van der Waals surface area (Å²) in [7, 11) is 0. The van der Waals surface area contributed by atoms with Crippen molar-refractivity contribution in [3.63, 3.8) is 0 Å². The van der Waals surface area contributed by atoms with Crippen molar-refractivity contribution in [3.05, 3.63) is 120 Å². The Hall–Kier alpha value is -6.12. The van der Waals surface area contributed by atoms with Crippen molar-refractivity contribution in [2.24, 2.45) is 0 Å². The number of carbonyl (C=O) groups excluding carboxylic acids is 2. The number of anilines is 3. The number of carboxylic acids is 1. The molecule has 0 unspecified atom stereocenters. The number of benzene rings is 2. The van der Waals surface area contributed by atoms with Crippen molar-refractivity contribution < 1.29 is 23.9 Å². The third kappa shape index (κ3) is 5.21. The van der Waals surface area contributed by atoms with Crippen LogP contribution in [0.25, 0.3) is 5.65 Å². The van der Waals surface area contributed by atoms with E-state index >= 15 is 0 Å². The number of H-pyrrole nitrogens is 1. The maximum absolute atomic E-state index is 14.3. The number of aromatic carboxylic acids is 1. The predicted octanol–water partition coefficient (Wildman–Crippen LogP) is 0.642. The van der Waals surface area contributed by atoms with E-state index in [-0.39, 0.29) is 52.8 Å². The fourth-order valence-electron chi connectivity index (χ4n) is 4.06. The Balaban J connectivity index is 1.33. The molecule has 0 aliphatic heterocycles. The fraction of sp³-hybridized carbons (Fsp3) is 0.0741. The largest absolute Gasteiger partial charge is 0.478 e. The highest BCUT2D eigenvalue weighted by Crippen LogP contribution is 2.22. The first kappa shape index (κ1) is 27.4. The number of amides is 2. The van der Waals surface area contributed by atoms with Crippen molar-refractivity contribution in [2.45, 2.75) is 13.1 Å². The number of imidazole rings is 1. The van der Waals surface area contributed by atoms with E-state index in [4.69, 9.17) is 10.8 Å². The number of nitrogens with two attached hydrogens (primary N) is 1. The Bertz CT molecular complexity index is 2020. The van der Waals surface area contributed by atoms with Crippen molar-refractivity contribution in [3.8, 4) is 0 Å². The number of hydrogen-bond acceptors (Lipinski definition) is 9. The number of nitrogen functional groups attached to an aromatic ring is 1. The topological polar surface area (TPSA) is 218 Å². The lowest BCUT2D eigenvalue weighted by Gasteiger charge is -2.13. The number of fused-ring (bicyclic) bond motifs is 1. The molecule has 14 nitrogen and oxygen atoms in total. The van der Waals surface area contributed by atoms with Crippen molar-refractivity contribution in [1.29, 1.82) is 0 Å². The van der Waals surface area contributed by atoms with Crippen LogP contribution in [0.15, 0.2) is 69.1 Å². The first-order valence-electron chi connectivity index (χ1n) is 12.2. The molecule has 7 N–H and O–H groups in total. The number of aromatic nitrogens is 3. The van der Waals surface area contributed by atoms with Gasteiger partial charge in [0.05, 0.1) is 11.3 Å². The van der Waals surface area contributed by atoms with Crippen molar-refractivity contribution >= 4 is 40.5 Å². The van der Waals surface area contributed by atoms with Crippen LogP contribution in [0.3, 0.4) is 0 Å². The number of nitrogens with zero attached hydrogens (tertiary/aromatic N) is 2. The summed E-state index contributed by atoms with van der Waals surface area (Å²) in [5.74, 6) is -3.24. The quantitative estimate of drug-likeness (QED) is 0.135. The van der Waals surface area contributed by atoms with Crippen molar-refractivity contribution in [2.75, 3.05) is 11.1 Å². The summed E-state index contributed by atoms with van der Waals surface area (Å²) in [4.78, 5) is 78.9. The zero-order valence-corrected chi connectivity index (χ0v) is 21.4. The zero-order chi connectivity index (χ0) is 30.1. The van der Waals surface area contributed by atoms with E-state index in [1.165, 1.54) is 42.6 Å². The second-order valence-electron chi connectivity index (χ2n) is 9.07. The predicted molar refractivity (Wildman–Crippen MR) is 147 cm³/mol. The maximum atomic E-state index is 14.3. The third-order valence-electron chi connectivity index (χ3n) is 6.32. The first-order chi connectivity index (χ1) is 20.0. The Morgan fingerprint density at radius 1 is 0.929 bits per heavy atom. The van der Waals surface area contributed by atoms with Crippen LogP contribution in [0.4, 0.5) is 21.5 Å². The molecule has 3 aromatic carbocycles. The van der Waals surface area contributed by atoms with Gasteiger partial charge in [0.1, 0.15) is 28.6 Å². The molecule has 0 fully saturated rings. The van der Waals surface area contributed by atoms with E-state index in [9.17, 15) is 33.2 Å². The standard InChI is InChI=1S/C27H20FN7O7/c28-15-6-3-13(7-16(15)34-21-20(29)22(36)23(21)37)10-31-25(39)18-8-17(33-19-11-32-27(42)35(18)19)24(38)30-9-12-1-4-14(5-2-12)26(40)41/h1-8,11,34H,9-10,29H2,(H,30,38)(H,31,39)(H,32,42)(H,40,41). The minimum atomic E-state index is -1.09. The highest BCUT2D eigenvalue weighted by atomic mass is 19.1. The molecule has 0 aliphatic rings. The van der Waals surface area contributed by atoms with E-state index in [0.29, 0.717) is 11.1 Å². The van der Waals surface area contributed by atoms with Gasteiger partial charge >= 0.3 is 11.7 Å². The summed E-state index contributed by atoms with van der Waals surface area (Å²) >= 11 is 0. The number of halogens is 1. The van der Waals surface area contributed by atoms with Gasteiger partial charge in [0.25, 0.3) is 22.7 Å². The van der Waals surface area contributed by atoms with Crippen LogP contribution in [0.1, 0.15) is 42.5 Å². The van der Waals surface area contributed by atoms with Gasteiger partial charge < -0.3 is 31.8 Å². The summed E-state index contributed by atoms with van der Waals surface area (Å²) in [5, 5.41) is 16.7. The van der Waals surface area contributed by atoms with Crippen LogP contribution < -0.4 is 38.2 Å². The molecule has 2 amide bonds. The molecule has 15 heteroatoms. The van der Waals surface area contributed by atoms with Crippen LogP contribution in [0, 0.1) is 5.82 Å². The molecule has 42 heavy (non-hydrogen) atoms. The van der Waals surface area contributed by atoms with Crippen LogP contribution in [0.5, 0.6) is 0 Å². The number of aromatic amines is 1. The maximum Gasteiger partial charge on any atom is 0.335 e. The molecule has 0 bridgehead atoms. The molecule has 0 saturated heterocycles. The summed E-state index contributed by atoms with van der Waals surface area (Å²) in [6.45, 7) is -0.109. The Kier molecular flexibility index (Phi) is 7.06. The van der Waals surface area contributed by atoms with E-state index in [0.717, 1.165) is 16.5 Å². The highest BCUT2D eigenvalue weighted by molar-refractivity contribution is 5.98. The van der Waals surface area contributed by atoms with Crippen LogP contribution in [-0.4, -0.2) is 37.3 Å². The van der Waals surface area contributed by atoms with Gasteiger partial charge in [0, 0.05) is 19.3 Å². The van der Waals surface area contributed by atoms with Crippen molar-refractivity contribution in [1.82, 2.24) is 25.0 Å². The average molecular weight is 573 g/mol. The number of carbonyl (C=O) groups is 3. The number of rotatable bonds is 9. The molecular weight excluding hydrogens is 553 g/mol. The van der Waals surface area contributed by atoms with Gasteiger partial charge in [-0.1, -0.05) is 18.2 Å². The summed E-state index contributed by atoms with van der Waals surface area (Å²) < 4.78 is 15.3. The minimum Gasteiger partial charge on any atom is -0.478 e. The molecule has 0 atom stereocenters. The second-order valence-corrected chi connectivity index (χ2v) is 9.07. The molecule has 0 spiro atoms. The number of hydrogen-bond donors (Lipinski definition) is 6. The van der Waals surface area contributed by atoms with E-state index in [2.05, 4.69) is 25.9 Å². The van der Waals surface area contributed by atoms with Crippen LogP contribution in [0.2, 0.25) is 0 Å². The Morgan fingerprint density at radius 2 is 1.60 bits per heavy atom. The Morgan fingerprint density at radius 3 is 2.29 bits per heavy atom. The van der Waals surface area contributed by atoms with E-state index < -0.39 is 40.1 Å². The smallest absolute Gasteiger partial charge is 0.335 e. The third-order valence-corrected chi connectivity index (χ3v) is 6.32. The minimum absolute atomic E-state index is 0.00227. The normalized spacial score (nSPS) is 11.0. The summed E-state index contributed by atoms with van der Waals surface area (Å²) in [6.07, 6.45) is 1.23. The van der Waals surface area contributed by atoms with Gasteiger partial charge in [-0.2, -0.15) is 0 Å². The second kappa shape index (κ2) is 10.8. The van der Waals surface area contributed by atoms with Crippen LogP contribution in [-0.2, 0) is 13.1 Å². The molecule has 2 aromatic heterocycles. The molecule has 0 saturated carbocycles. The van der Waals surface area contributed by atoms with Gasteiger partial charge in [-0.3, -0.25) is 19.2 Å². The molecule has 212 valence electrons. The molecule has 2 heterocycles. The molecule has 0 aliphatic carbocycles. The van der Waals surface area contributed by atoms with Gasteiger partial charge in [0.2, 0.25) is 0 Å². The molecule has 5 rings (SSSR count). The Labute approximate surface area is 233 Å². The van der Waals surface area contributed by atoms with Crippen LogP contribution >= 0.6 is 0 Å².